The summed E-state index contributed by atoms with van der Waals surface area (Å²) in [7, 11) is 0. The minimum atomic E-state index is -0.425. The summed E-state index contributed by atoms with van der Waals surface area (Å²) < 4.78 is 10.6. The first kappa shape index (κ1) is 16.8. The van der Waals surface area contributed by atoms with Crippen LogP contribution < -0.4 is 19.7 Å². The molecular formula is C17H18N4O4S. The van der Waals surface area contributed by atoms with Crippen molar-refractivity contribution < 1.29 is 19.1 Å². The highest BCUT2D eigenvalue weighted by atomic mass is 32.1. The molecule has 4 rings (SSSR count). The molecule has 1 fully saturated rings. The van der Waals surface area contributed by atoms with Crippen LogP contribution >= 0.6 is 11.3 Å². The van der Waals surface area contributed by atoms with Crippen LogP contribution in [0.25, 0.3) is 0 Å². The second-order valence-electron chi connectivity index (χ2n) is 6.18. The number of hydrogen-bond acceptors (Lipinski definition) is 7. The third kappa shape index (κ3) is 3.22. The smallest absolute Gasteiger partial charge is 0.231 e. The molecule has 136 valence electrons. The summed E-state index contributed by atoms with van der Waals surface area (Å²) in [6.07, 6.45) is 1.98. The molecule has 1 aromatic carbocycles. The molecule has 1 aromatic heterocycles. The van der Waals surface area contributed by atoms with Crippen molar-refractivity contribution in [3.05, 3.63) is 23.2 Å². The molecule has 2 aliphatic rings. The first-order valence-electron chi connectivity index (χ1n) is 8.47. The van der Waals surface area contributed by atoms with E-state index in [1.807, 2.05) is 0 Å². The monoisotopic (exact) mass is 374 g/mol. The predicted octanol–water partition coefficient (Wildman–Crippen LogP) is 2.21. The topological polar surface area (TPSA) is 93.7 Å². The summed E-state index contributed by atoms with van der Waals surface area (Å²) in [4.78, 5) is 26.5. The average Bonchev–Trinajstić information content (AvgIpc) is 3.34. The Hall–Kier alpha value is -2.68. The molecule has 9 heteroatoms. The Morgan fingerprint density at radius 3 is 3.04 bits per heavy atom. The van der Waals surface area contributed by atoms with Gasteiger partial charge in [-0.05, 0) is 18.6 Å². The molecule has 26 heavy (non-hydrogen) atoms. The van der Waals surface area contributed by atoms with Crippen LogP contribution in [0.1, 0.15) is 24.8 Å². The zero-order chi connectivity index (χ0) is 18.1. The molecule has 2 aliphatic heterocycles. The first-order valence-corrected chi connectivity index (χ1v) is 9.29. The SMILES string of the molecule is CCCc1nnc(NC(=O)C2CC(=O)N(c3ccc4c(c3)OCO4)C2)s1. The van der Waals surface area contributed by atoms with Gasteiger partial charge in [0.1, 0.15) is 5.01 Å². The van der Waals surface area contributed by atoms with Crippen LogP contribution in [0.4, 0.5) is 10.8 Å². The number of aryl methyl sites for hydroxylation is 1. The van der Waals surface area contributed by atoms with Gasteiger partial charge in [-0.15, -0.1) is 10.2 Å². The van der Waals surface area contributed by atoms with Gasteiger partial charge in [0, 0.05) is 31.1 Å². The fourth-order valence-electron chi connectivity index (χ4n) is 3.01. The summed E-state index contributed by atoms with van der Waals surface area (Å²) in [5, 5.41) is 12.2. The number of nitrogens with one attached hydrogen (secondary N) is 1. The van der Waals surface area contributed by atoms with E-state index in [2.05, 4.69) is 22.4 Å². The van der Waals surface area contributed by atoms with Crippen molar-refractivity contribution in [3.63, 3.8) is 0 Å². The van der Waals surface area contributed by atoms with E-state index in [1.165, 1.54) is 11.3 Å². The Bertz CT molecular complexity index is 853. The number of carbonyl (C=O) groups excluding carboxylic acids is 2. The lowest BCUT2D eigenvalue weighted by atomic mass is 10.1. The number of aromatic nitrogens is 2. The van der Waals surface area contributed by atoms with Crippen LogP contribution in [0.5, 0.6) is 11.5 Å². The predicted molar refractivity (Wildman–Crippen MR) is 95.6 cm³/mol. The van der Waals surface area contributed by atoms with Gasteiger partial charge < -0.3 is 19.7 Å². The van der Waals surface area contributed by atoms with Gasteiger partial charge in [-0.3, -0.25) is 9.59 Å². The van der Waals surface area contributed by atoms with Gasteiger partial charge in [-0.1, -0.05) is 18.3 Å². The van der Waals surface area contributed by atoms with Crippen molar-refractivity contribution in [2.24, 2.45) is 5.92 Å². The Balaban J connectivity index is 1.42. The van der Waals surface area contributed by atoms with E-state index in [-0.39, 0.29) is 25.0 Å². The molecule has 1 N–H and O–H groups in total. The van der Waals surface area contributed by atoms with Gasteiger partial charge in [0.2, 0.25) is 23.7 Å². The molecule has 0 aliphatic carbocycles. The number of hydrogen-bond donors (Lipinski definition) is 1. The zero-order valence-corrected chi connectivity index (χ0v) is 15.0. The molecule has 0 saturated carbocycles. The number of rotatable bonds is 5. The molecule has 1 unspecified atom stereocenters. The summed E-state index contributed by atoms with van der Waals surface area (Å²) >= 11 is 1.37. The maximum absolute atomic E-state index is 12.5. The van der Waals surface area contributed by atoms with E-state index in [0.29, 0.717) is 28.9 Å². The molecule has 0 bridgehead atoms. The van der Waals surface area contributed by atoms with Gasteiger partial charge in [0.25, 0.3) is 0 Å². The lowest BCUT2D eigenvalue weighted by Gasteiger charge is -2.16. The molecule has 8 nitrogen and oxygen atoms in total. The molecule has 2 amide bonds. The van der Waals surface area contributed by atoms with Crippen molar-refractivity contribution in [1.82, 2.24) is 10.2 Å². The fourth-order valence-corrected chi connectivity index (χ4v) is 3.86. The number of carbonyl (C=O) groups is 2. The minimum Gasteiger partial charge on any atom is -0.454 e. The lowest BCUT2D eigenvalue weighted by molar-refractivity contribution is -0.122. The van der Waals surface area contributed by atoms with E-state index in [9.17, 15) is 9.59 Å². The molecular weight excluding hydrogens is 356 g/mol. The standard InChI is InChI=1S/C17H18N4O4S/c1-2-3-14-19-20-17(26-14)18-16(23)10-6-15(22)21(8-10)11-4-5-12-13(7-11)25-9-24-12/h4-5,7,10H,2-3,6,8-9H2,1H3,(H,18,20,23). The van der Waals surface area contributed by atoms with Crippen molar-refractivity contribution in [1.29, 1.82) is 0 Å². The number of ether oxygens (including phenoxy) is 2. The molecule has 0 radical (unpaired) electrons. The molecule has 1 atom stereocenters. The molecule has 1 saturated heterocycles. The van der Waals surface area contributed by atoms with E-state index in [4.69, 9.17) is 9.47 Å². The number of fused-ring (bicyclic) bond motifs is 1. The molecule has 0 spiro atoms. The van der Waals surface area contributed by atoms with Crippen molar-refractivity contribution in [2.75, 3.05) is 23.6 Å². The summed E-state index contributed by atoms with van der Waals surface area (Å²) in [6, 6.07) is 5.34. The maximum atomic E-state index is 12.5. The normalized spacial score (nSPS) is 18.4. The highest BCUT2D eigenvalue weighted by Gasteiger charge is 2.36. The highest BCUT2D eigenvalue weighted by Crippen LogP contribution is 2.37. The van der Waals surface area contributed by atoms with E-state index < -0.39 is 5.92 Å². The van der Waals surface area contributed by atoms with Gasteiger partial charge in [-0.25, -0.2) is 0 Å². The number of amides is 2. The van der Waals surface area contributed by atoms with Gasteiger partial charge in [0.15, 0.2) is 11.5 Å². The van der Waals surface area contributed by atoms with Crippen LogP contribution in [0.15, 0.2) is 18.2 Å². The van der Waals surface area contributed by atoms with Gasteiger partial charge in [-0.2, -0.15) is 0 Å². The Labute approximate surface area is 154 Å². The summed E-state index contributed by atoms with van der Waals surface area (Å²) in [5.74, 6) is 0.551. The second-order valence-corrected chi connectivity index (χ2v) is 7.25. The Kier molecular flexibility index (Phi) is 4.46. The van der Waals surface area contributed by atoms with Crippen LogP contribution in [-0.4, -0.2) is 35.3 Å². The zero-order valence-electron chi connectivity index (χ0n) is 14.2. The van der Waals surface area contributed by atoms with Gasteiger partial charge >= 0.3 is 0 Å². The molecule has 2 aromatic rings. The largest absolute Gasteiger partial charge is 0.454 e. The first-order chi connectivity index (χ1) is 12.6. The highest BCUT2D eigenvalue weighted by molar-refractivity contribution is 7.15. The fraction of sp³-hybridized carbons (Fsp3) is 0.412. The van der Waals surface area contributed by atoms with Crippen molar-refractivity contribution in [2.45, 2.75) is 26.2 Å². The second kappa shape index (κ2) is 6.91. The number of anilines is 2. The van der Waals surface area contributed by atoms with Crippen LogP contribution in [-0.2, 0) is 16.0 Å². The van der Waals surface area contributed by atoms with Crippen LogP contribution in [0, 0.1) is 5.92 Å². The summed E-state index contributed by atoms with van der Waals surface area (Å²) in [5.41, 5.74) is 0.704. The van der Waals surface area contributed by atoms with E-state index in [1.54, 1.807) is 23.1 Å². The van der Waals surface area contributed by atoms with Gasteiger partial charge in [0.05, 0.1) is 5.92 Å². The lowest BCUT2D eigenvalue weighted by Crippen LogP contribution is -2.28. The Morgan fingerprint density at radius 2 is 2.19 bits per heavy atom. The summed E-state index contributed by atoms with van der Waals surface area (Å²) in [6.45, 7) is 2.57. The van der Waals surface area contributed by atoms with E-state index in [0.717, 1.165) is 17.8 Å². The third-order valence-electron chi connectivity index (χ3n) is 4.32. The molecule has 3 heterocycles. The van der Waals surface area contributed by atoms with Crippen molar-refractivity contribution in [3.8, 4) is 11.5 Å². The minimum absolute atomic E-state index is 0.0899. The van der Waals surface area contributed by atoms with Crippen LogP contribution in [0.2, 0.25) is 0 Å². The van der Waals surface area contributed by atoms with Crippen molar-refractivity contribution >= 4 is 34.0 Å². The third-order valence-corrected chi connectivity index (χ3v) is 5.22. The van der Waals surface area contributed by atoms with E-state index >= 15 is 0 Å². The average molecular weight is 374 g/mol. The Morgan fingerprint density at radius 1 is 1.35 bits per heavy atom. The quantitative estimate of drug-likeness (QED) is 0.862. The number of benzene rings is 1. The number of nitrogens with zero attached hydrogens (tertiary/aromatic N) is 3. The maximum Gasteiger partial charge on any atom is 0.231 e. The van der Waals surface area contributed by atoms with Crippen LogP contribution in [0.3, 0.4) is 0 Å².